The number of halogens is 2. The van der Waals surface area contributed by atoms with Gasteiger partial charge < -0.3 is 48.5 Å². The van der Waals surface area contributed by atoms with Gasteiger partial charge in [0, 0.05) is 113 Å². The molecule has 24 nitrogen and oxygen atoms in total. The maximum Gasteiger partial charge on any atom is 0.329 e. The highest BCUT2D eigenvalue weighted by Gasteiger charge is 2.44. The molecule has 11 heterocycles. The summed E-state index contributed by atoms with van der Waals surface area (Å²) >= 11 is 12.7. The summed E-state index contributed by atoms with van der Waals surface area (Å²) in [6.07, 6.45) is 14.5. The predicted molar refractivity (Wildman–Crippen MR) is 466 cm³/mol. The van der Waals surface area contributed by atoms with Gasteiger partial charge in [0.1, 0.15) is 11.6 Å². The lowest BCUT2D eigenvalue weighted by molar-refractivity contribution is 0.144. The fraction of sp³-hybridized carbons (Fsp3) is 0.395. The molecule has 29 heteroatoms. The highest BCUT2D eigenvalue weighted by molar-refractivity contribution is 6.75. The molecule has 0 aliphatic carbocycles. The molecule has 0 saturated heterocycles. The maximum atomic E-state index is 13.8. The number of hydrogen-bond donors (Lipinski definition) is 3. The van der Waals surface area contributed by atoms with Crippen LogP contribution in [0.3, 0.4) is 0 Å². The van der Waals surface area contributed by atoms with E-state index in [9.17, 15) is 14.4 Å². The van der Waals surface area contributed by atoms with Gasteiger partial charge in [-0.2, -0.15) is 5.10 Å². The molecule has 0 bridgehead atoms. The monoisotopic (exact) mass is 1640 g/mol. The number of carbonyl (C=O) groups excluding carboxylic acids is 3. The van der Waals surface area contributed by atoms with E-state index in [2.05, 4.69) is 185 Å². The number of amides is 3. The van der Waals surface area contributed by atoms with Crippen molar-refractivity contribution in [1.82, 2.24) is 72.7 Å². The van der Waals surface area contributed by atoms with Crippen molar-refractivity contribution >= 4 is 95.7 Å². The van der Waals surface area contributed by atoms with Crippen molar-refractivity contribution in [2.24, 2.45) is 14.1 Å². The van der Waals surface area contributed by atoms with Crippen LogP contribution in [0.15, 0.2) is 171 Å². The van der Waals surface area contributed by atoms with Gasteiger partial charge in [-0.15, -0.1) is 0 Å². The summed E-state index contributed by atoms with van der Waals surface area (Å²) in [4.78, 5) is 74.1. The molecular formula is C86H110Cl2N18O6Si3. The Morgan fingerprint density at radius 3 is 1.28 bits per heavy atom. The Bertz CT molecular complexity index is 5110. The van der Waals surface area contributed by atoms with E-state index >= 15 is 0 Å². The Morgan fingerprint density at radius 1 is 0.478 bits per heavy atom. The van der Waals surface area contributed by atoms with Gasteiger partial charge in [0.25, 0.3) is 0 Å². The van der Waals surface area contributed by atoms with E-state index < -0.39 is 25.0 Å². The average molecular weight is 1650 g/mol. The minimum atomic E-state index is -2.04. The van der Waals surface area contributed by atoms with E-state index in [4.69, 9.17) is 41.5 Å². The van der Waals surface area contributed by atoms with E-state index in [0.717, 1.165) is 90.3 Å². The molecule has 14 rings (SSSR count). The first-order valence-corrected chi connectivity index (χ1v) is 48.6. The van der Waals surface area contributed by atoms with Crippen molar-refractivity contribution in [3.63, 3.8) is 0 Å². The maximum absolute atomic E-state index is 13.8. The summed E-state index contributed by atoms with van der Waals surface area (Å²) in [5.74, 6) is 3.23. The molecule has 11 aromatic rings. The topological polar surface area (TPSA) is 240 Å². The second kappa shape index (κ2) is 33.8. The lowest BCUT2D eigenvalue weighted by Gasteiger charge is -2.38. The van der Waals surface area contributed by atoms with Gasteiger partial charge in [-0.05, 0) is 171 Å². The Balaban J connectivity index is 0.000000159. The van der Waals surface area contributed by atoms with Crippen LogP contribution in [0.1, 0.15) is 139 Å². The smallest absolute Gasteiger partial charge is 0.329 e. The SMILES string of the molecule is Cc1cccc([C@@H](CO[Si](C)(C)C(C)(C)C)N2Cc3cc(-c4ccnc(Nc5ccnn5C)n4)cn3C2=O)c1.Cc1cnc(NC(C)C)nc1-c1cc2n(c1)C(=O)N([C@H](CO[Si](C)(C)C(C)(C)C)c1cccc(Cl)c1)C2.Cn1cccc1Nc1nccc(-c2cc3n(c2)C(=O)N([C@H](CO[Si](C)(C)C(C)(C)C)c2cccc(Cl)c2)C3)n1. The number of nitrogens with one attached hydrogen (secondary N) is 3. The molecule has 3 aliphatic rings. The zero-order valence-corrected chi connectivity index (χ0v) is 74.6. The number of benzene rings is 3. The third-order valence-electron chi connectivity index (χ3n) is 23.1. The van der Waals surface area contributed by atoms with Crippen LogP contribution in [0.5, 0.6) is 0 Å². The zero-order valence-electron chi connectivity index (χ0n) is 70.1. The molecule has 115 heavy (non-hydrogen) atoms. The third kappa shape index (κ3) is 19.2. The molecule has 606 valence electrons. The standard InChI is InChI=1S/C29H35ClN6O2Si.C29H37N7O2Si.C28H38ClN5O2Si/c1-29(2,3)39(5,6)38-19-25(20-9-7-10-22(30)15-20)36-18-23-16-21(17-35(23)28(36)37)24-12-13-31-27(32-24)33-26-11-8-14-34(26)4;1-20-9-8-10-21(15-20)25(19-38-39(6,7)29(2,3)4)36-18-23-16-22(17-35(23)28(36)37)24-11-13-30-27(32-24)33-26-12-14-31-34(26)5;1-18(2)31-26-30-14-19(3)25(32-26)21-13-23-16-34(27(35)33(23)15-21)24(20-10-9-11-22(29)12-20)17-36-37(7,8)28(4,5)6/h7-17,25H,18-19H2,1-6H3,(H,31,32,33);8-17,25H,18-19H2,1-7H3,(H,30,32,33);9-15,18,24H,16-17H2,1-8H3,(H,30,31,32)/t2*25-;24-/m111/s1. The number of aryl methyl sites for hydroxylation is 4. The van der Waals surface area contributed by atoms with E-state index in [1.807, 2.05) is 176 Å². The lowest BCUT2D eigenvalue weighted by atomic mass is 10.0. The largest absolute Gasteiger partial charge is 0.414 e. The number of anilines is 5. The molecule has 0 fully saturated rings. The molecule has 8 aromatic heterocycles. The first kappa shape index (κ1) is 84.5. The van der Waals surface area contributed by atoms with Gasteiger partial charge in [-0.3, -0.25) is 18.4 Å². The van der Waals surface area contributed by atoms with E-state index in [0.29, 0.717) is 67.3 Å². The van der Waals surface area contributed by atoms with Gasteiger partial charge in [0.05, 0.1) is 80.9 Å². The summed E-state index contributed by atoms with van der Waals surface area (Å²) in [6, 6.07) is 38.7. The highest BCUT2D eigenvalue weighted by atomic mass is 35.5. The molecule has 0 saturated carbocycles. The van der Waals surface area contributed by atoms with Gasteiger partial charge in [0.2, 0.25) is 17.8 Å². The second-order valence-electron chi connectivity index (χ2n) is 34.9. The number of aromatic nitrogens is 12. The van der Waals surface area contributed by atoms with Crippen LogP contribution in [0.4, 0.5) is 43.9 Å². The Hall–Kier alpha value is -9.85. The Labute approximate surface area is 689 Å². The molecule has 0 radical (unpaired) electrons. The summed E-state index contributed by atoms with van der Waals surface area (Å²) in [5.41, 5.74) is 12.9. The Morgan fingerprint density at radius 2 is 0.896 bits per heavy atom. The van der Waals surface area contributed by atoms with Gasteiger partial charge >= 0.3 is 18.1 Å². The third-order valence-corrected chi connectivity index (χ3v) is 37.1. The summed E-state index contributed by atoms with van der Waals surface area (Å²) in [6.45, 7) is 44.4. The van der Waals surface area contributed by atoms with Crippen LogP contribution in [0.2, 0.25) is 64.4 Å². The quantitative estimate of drug-likeness (QED) is 0.0477. The van der Waals surface area contributed by atoms with Crippen LogP contribution in [0.25, 0.3) is 33.8 Å². The Kier molecular flexibility index (Phi) is 24.8. The van der Waals surface area contributed by atoms with Crippen molar-refractivity contribution in [3.8, 4) is 33.8 Å². The van der Waals surface area contributed by atoms with Crippen LogP contribution >= 0.6 is 23.2 Å². The average Bonchev–Trinajstić information content (AvgIpc) is 1.62. The fourth-order valence-electron chi connectivity index (χ4n) is 13.2. The van der Waals surface area contributed by atoms with E-state index in [1.54, 1.807) is 37.0 Å². The summed E-state index contributed by atoms with van der Waals surface area (Å²) in [5, 5.41) is 15.4. The molecule has 3 aliphatic heterocycles. The second-order valence-corrected chi connectivity index (χ2v) is 50.2. The molecule has 3 amide bonds. The zero-order chi connectivity index (χ0) is 83.0. The minimum Gasteiger partial charge on any atom is -0.414 e. The van der Waals surface area contributed by atoms with Gasteiger partial charge in [-0.1, -0.05) is 140 Å². The fourth-order valence-corrected chi connectivity index (χ4v) is 16.6. The minimum absolute atomic E-state index is 0.0520. The van der Waals surface area contributed by atoms with E-state index in [-0.39, 0.29) is 57.4 Å². The van der Waals surface area contributed by atoms with Crippen LogP contribution < -0.4 is 16.0 Å². The molecule has 0 unspecified atom stereocenters. The van der Waals surface area contributed by atoms with Crippen LogP contribution in [-0.2, 0) is 47.0 Å². The number of rotatable bonds is 24. The van der Waals surface area contributed by atoms with E-state index in [1.165, 1.54) is 0 Å². The van der Waals surface area contributed by atoms with Crippen molar-refractivity contribution in [3.05, 3.63) is 226 Å². The lowest BCUT2D eigenvalue weighted by Crippen LogP contribution is -2.44. The molecule has 3 aromatic carbocycles. The normalized spacial score (nSPS) is 14.6. The predicted octanol–water partition coefficient (Wildman–Crippen LogP) is 20.8. The summed E-state index contributed by atoms with van der Waals surface area (Å²) < 4.78 is 28.7. The van der Waals surface area contributed by atoms with Crippen LogP contribution in [-0.4, -0.2) is 142 Å². The van der Waals surface area contributed by atoms with Crippen molar-refractivity contribution in [2.75, 3.05) is 35.8 Å². The van der Waals surface area contributed by atoms with Crippen molar-refractivity contribution < 1.29 is 27.7 Å². The molecular weight excluding hydrogens is 1540 g/mol. The number of nitrogens with zero attached hydrogens (tertiary/aromatic N) is 15. The van der Waals surface area contributed by atoms with Crippen molar-refractivity contribution in [2.45, 2.75) is 188 Å². The van der Waals surface area contributed by atoms with Gasteiger partial charge in [0.15, 0.2) is 25.0 Å². The molecule has 3 N–H and O–H groups in total. The number of hydrogen-bond acceptors (Lipinski definition) is 16. The number of carbonyl (C=O) groups is 3. The number of fused-ring (bicyclic) bond motifs is 3. The first-order chi connectivity index (χ1) is 54.1. The van der Waals surface area contributed by atoms with Gasteiger partial charge in [-0.25, -0.2) is 44.3 Å². The van der Waals surface area contributed by atoms with Crippen LogP contribution in [0, 0.1) is 13.8 Å². The van der Waals surface area contributed by atoms with Crippen molar-refractivity contribution in [1.29, 1.82) is 0 Å². The summed E-state index contributed by atoms with van der Waals surface area (Å²) in [7, 11) is -2.26. The molecule has 3 atom stereocenters. The molecule has 0 spiro atoms. The highest BCUT2D eigenvalue weighted by Crippen LogP contribution is 2.44. The first-order valence-electron chi connectivity index (χ1n) is 39.1.